The smallest absolute Gasteiger partial charge is 0.335 e. The van der Waals surface area contributed by atoms with Gasteiger partial charge in [-0.15, -0.1) is 0 Å². The number of hydrogen-bond donors (Lipinski definition) is 2. The van der Waals surface area contributed by atoms with E-state index in [1.807, 2.05) is 0 Å². The summed E-state index contributed by atoms with van der Waals surface area (Å²) >= 11 is 0. The molecule has 0 unspecified atom stereocenters. The number of carboxylic acid groups (broad SMARTS) is 1. The highest BCUT2D eigenvalue weighted by Crippen LogP contribution is 2.26. The van der Waals surface area contributed by atoms with Crippen molar-refractivity contribution < 1.29 is 19.7 Å². The van der Waals surface area contributed by atoms with Crippen molar-refractivity contribution in [2.75, 3.05) is 13.7 Å². The summed E-state index contributed by atoms with van der Waals surface area (Å²) in [4.78, 5) is 22.8. The van der Waals surface area contributed by atoms with E-state index < -0.39 is 5.97 Å². The highest BCUT2D eigenvalue weighted by atomic mass is 16.5. The number of hydrogen-bond acceptors (Lipinski definition) is 4. The molecule has 0 saturated carbocycles. The summed E-state index contributed by atoms with van der Waals surface area (Å²) in [6.45, 7) is -0.0677. The minimum absolute atomic E-state index is 0.0820. The van der Waals surface area contributed by atoms with Crippen LogP contribution in [0.25, 0.3) is 10.9 Å². The fourth-order valence-corrected chi connectivity index (χ4v) is 2.01. The first-order valence-corrected chi connectivity index (χ1v) is 5.64. The first-order chi connectivity index (χ1) is 9.08. The van der Waals surface area contributed by atoms with Crippen molar-refractivity contribution >= 4 is 16.9 Å². The highest BCUT2D eigenvalue weighted by Gasteiger charge is 2.13. The normalized spacial score (nSPS) is 10.6. The SMILES string of the molecule is COc1cc(C(=O)O)cc2ccc(=O)n(CCO)c12. The van der Waals surface area contributed by atoms with Crippen LogP contribution in [0.1, 0.15) is 10.4 Å². The number of fused-ring (bicyclic) bond motifs is 1. The predicted octanol–water partition coefficient (Wildman–Crippen LogP) is 0.701. The van der Waals surface area contributed by atoms with E-state index in [1.54, 1.807) is 6.07 Å². The lowest BCUT2D eigenvalue weighted by Gasteiger charge is -2.13. The topological polar surface area (TPSA) is 88.8 Å². The van der Waals surface area contributed by atoms with Crippen LogP contribution in [0.5, 0.6) is 5.75 Å². The number of carboxylic acids is 1. The summed E-state index contributed by atoms with van der Waals surface area (Å²) in [6, 6.07) is 5.70. The maximum Gasteiger partial charge on any atom is 0.335 e. The van der Waals surface area contributed by atoms with E-state index in [4.69, 9.17) is 14.9 Å². The highest BCUT2D eigenvalue weighted by molar-refractivity contribution is 5.96. The molecular formula is C13H13NO5. The Hall–Kier alpha value is -2.34. The molecular weight excluding hydrogens is 250 g/mol. The average Bonchev–Trinajstić information content (AvgIpc) is 2.40. The zero-order chi connectivity index (χ0) is 14.0. The van der Waals surface area contributed by atoms with Crippen molar-refractivity contribution in [1.29, 1.82) is 0 Å². The largest absolute Gasteiger partial charge is 0.495 e. The molecule has 0 aliphatic rings. The Kier molecular flexibility index (Phi) is 3.52. The molecule has 0 amide bonds. The van der Waals surface area contributed by atoms with E-state index in [2.05, 4.69) is 0 Å². The third kappa shape index (κ3) is 2.30. The van der Waals surface area contributed by atoms with Crippen LogP contribution in [0.15, 0.2) is 29.1 Å². The van der Waals surface area contributed by atoms with Gasteiger partial charge >= 0.3 is 5.97 Å². The number of aliphatic hydroxyl groups is 1. The van der Waals surface area contributed by atoms with Crippen LogP contribution in [-0.2, 0) is 6.54 Å². The van der Waals surface area contributed by atoms with Crippen molar-refractivity contribution in [1.82, 2.24) is 4.57 Å². The van der Waals surface area contributed by atoms with E-state index in [0.717, 1.165) is 0 Å². The summed E-state index contributed by atoms with van der Waals surface area (Å²) in [7, 11) is 1.40. The standard InChI is InChI=1S/C13H13NO5/c1-19-10-7-9(13(17)18)6-8-2-3-11(16)14(4-5-15)12(8)10/h2-3,6-7,15H,4-5H2,1H3,(H,17,18). The van der Waals surface area contributed by atoms with E-state index in [0.29, 0.717) is 16.7 Å². The van der Waals surface area contributed by atoms with Gasteiger partial charge in [-0.05, 0) is 18.2 Å². The molecule has 0 spiro atoms. The fraction of sp³-hybridized carbons (Fsp3) is 0.231. The van der Waals surface area contributed by atoms with Gasteiger partial charge in [0.15, 0.2) is 0 Å². The summed E-state index contributed by atoms with van der Waals surface area (Å²) in [5.74, 6) is -0.777. The lowest BCUT2D eigenvalue weighted by Crippen LogP contribution is -2.21. The number of aliphatic hydroxyl groups excluding tert-OH is 1. The number of methoxy groups -OCH3 is 1. The molecule has 1 heterocycles. The maximum absolute atomic E-state index is 11.8. The van der Waals surface area contributed by atoms with E-state index >= 15 is 0 Å². The minimum atomic E-state index is -1.07. The van der Waals surface area contributed by atoms with Crippen LogP contribution < -0.4 is 10.3 Å². The van der Waals surface area contributed by atoms with Gasteiger partial charge in [0.05, 0.1) is 24.8 Å². The second-order valence-corrected chi connectivity index (χ2v) is 3.97. The molecule has 0 aliphatic heterocycles. The first kappa shape index (κ1) is 13.1. The number of carbonyl (C=O) groups is 1. The summed E-state index contributed by atoms with van der Waals surface area (Å²) < 4.78 is 6.52. The number of nitrogens with zero attached hydrogens (tertiary/aromatic N) is 1. The Morgan fingerprint density at radius 1 is 1.37 bits per heavy atom. The molecule has 0 saturated heterocycles. The van der Waals surface area contributed by atoms with Crippen LogP contribution in [0.2, 0.25) is 0 Å². The van der Waals surface area contributed by atoms with Crippen LogP contribution in [0.4, 0.5) is 0 Å². The molecule has 100 valence electrons. The van der Waals surface area contributed by atoms with Gasteiger partial charge in [0.2, 0.25) is 0 Å². The monoisotopic (exact) mass is 263 g/mol. The molecule has 0 bridgehead atoms. The van der Waals surface area contributed by atoms with Crippen molar-refractivity contribution in [3.05, 3.63) is 40.2 Å². The lowest BCUT2D eigenvalue weighted by atomic mass is 10.1. The molecule has 6 nitrogen and oxygen atoms in total. The molecule has 0 radical (unpaired) electrons. The van der Waals surface area contributed by atoms with Crippen LogP contribution >= 0.6 is 0 Å². The summed E-state index contributed by atoms with van der Waals surface area (Å²) in [5, 5.41) is 18.6. The van der Waals surface area contributed by atoms with Gasteiger partial charge in [-0.3, -0.25) is 4.79 Å². The Morgan fingerprint density at radius 2 is 2.11 bits per heavy atom. The Labute approximate surface area is 108 Å². The van der Waals surface area contributed by atoms with Gasteiger partial charge < -0.3 is 19.5 Å². The molecule has 0 aliphatic carbocycles. The number of aromatic carboxylic acids is 1. The number of benzene rings is 1. The average molecular weight is 263 g/mol. The minimum Gasteiger partial charge on any atom is -0.495 e. The van der Waals surface area contributed by atoms with Crippen molar-refractivity contribution in [2.24, 2.45) is 0 Å². The number of aromatic nitrogens is 1. The fourth-order valence-electron chi connectivity index (χ4n) is 2.01. The predicted molar refractivity (Wildman–Crippen MR) is 68.8 cm³/mol. The van der Waals surface area contributed by atoms with Crippen LogP contribution in [-0.4, -0.2) is 34.5 Å². The van der Waals surface area contributed by atoms with Crippen molar-refractivity contribution in [3.63, 3.8) is 0 Å². The quantitative estimate of drug-likeness (QED) is 0.847. The molecule has 2 aromatic rings. The molecule has 19 heavy (non-hydrogen) atoms. The Morgan fingerprint density at radius 3 is 2.68 bits per heavy atom. The molecule has 2 N–H and O–H groups in total. The zero-order valence-electron chi connectivity index (χ0n) is 10.3. The Bertz CT molecular complexity index is 689. The van der Waals surface area contributed by atoms with E-state index in [9.17, 15) is 9.59 Å². The van der Waals surface area contributed by atoms with Crippen molar-refractivity contribution in [3.8, 4) is 5.75 Å². The molecule has 0 fully saturated rings. The first-order valence-electron chi connectivity index (χ1n) is 5.64. The third-order valence-electron chi connectivity index (χ3n) is 2.84. The van der Waals surface area contributed by atoms with Gasteiger partial charge in [-0.1, -0.05) is 0 Å². The summed E-state index contributed by atoms with van der Waals surface area (Å²) in [5.41, 5.74) is 0.288. The van der Waals surface area contributed by atoms with E-state index in [-0.39, 0.29) is 24.3 Å². The maximum atomic E-state index is 11.8. The van der Waals surface area contributed by atoms with Gasteiger partial charge in [0, 0.05) is 18.0 Å². The molecule has 6 heteroatoms. The van der Waals surface area contributed by atoms with Gasteiger partial charge in [0.25, 0.3) is 5.56 Å². The van der Waals surface area contributed by atoms with Crippen LogP contribution in [0, 0.1) is 0 Å². The van der Waals surface area contributed by atoms with Crippen molar-refractivity contribution in [2.45, 2.75) is 6.54 Å². The number of pyridine rings is 1. The van der Waals surface area contributed by atoms with Crippen LogP contribution in [0.3, 0.4) is 0 Å². The molecule has 0 atom stereocenters. The lowest BCUT2D eigenvalue weighted by molar-refractivity contribution is 0.0696. The number of rotatable bonds is 4. The third-order valence-corrected chi connectivity index (χ3v) is 2.84. The second kappa shape index (κ2) is 5.11. The Balaban J connectivity index is 2.85. The van der Waals surface area contributed by atoms with E-state index in [1.165, 1.54) is 29.9 Å². The number of ether oxygens (including phenoxy) is 1. The van der Waals surface area contributed by atoms with Gasteiger partial charge in [-0.2, -0.15) is 0 Å². The molecule has 1 aromatic heterocycles. The second-order valence-electron chi connectivity index (χ2n) is 3.97. The zero-order valence-corrected chi connectivity index (χ0v) is 10.3. The van der Waals surface area contributed by atoms with Gasteiger partial charge in [0.1, 0.15) is 5.75 Å². The molecule has 1 aromatic carbocycles. The molecule has 2 rings (SSSR count). The van der Waals surface area contributed by atoms with Gasteiger partial charge in [-0.25, -0.2) is 4.79 Å². The summed E-state index contributed by atoms with van der Waals surface area (Å²) in [6.07, 6.45) is 0.